The minimum Gasteiger partial charge on any atom is -0.389 e. The summed E-state index contributed by atoms with van der Waals surface area (Å²) in [5.74, 6) is 0.414. The average molecular weight is 268 g/mol. The van der Waals surface area contributed by atoms with Gasteiger partial charge in [0.1, 0.15) is 0 Å². The van der Waals surface area contributed by atoms with Gasteiger partial charge in [-0.05, 0) is 44.4 Å². The van der Waals surface area contributed by atoms with Gasteiger partial charge in [-0.2, -0.15) is 0 Å². The Morgan fingerprint density at radius 3 is 2.63 bits per heavy atom. The molecular formula is C16H28O3. The molecule has 3 nitrogen and oxygen atoms in total. The molecule has 2 saturated heterocycles. The summed E-state index contributed by atoms with van der Waals surface area (Å²) in [4.78, 5) is 0. The van der Waals surface area contributed by atoms with Gasteiger partial charge >= 0.3 is 0 Å². The third-order valence-electron chi connectivity index (χ3n) is 5.69. The largest absolute Gasteiger partial charge is 0.389 e. The summed E-state index contributed by atoms with van der Waals surface area (Å²) in [5, 5.41) is 11.1. The average Bonchev–Trinajstić information content (AvgIpc) is 2.87. The molecule has 3 aliphatic rings. The molecule has 1 spiro atoms. The van der Waals surface area contributed by atoms with Crippen LogP contribution >= 0.6 is 0 Å². The molecule has 0 aromatic rings. The Balaban J connectivity index is 1.69. The molecule has 0 aromatic carbocycles. The zero-order valence-electron chi connectivity index (χ0n) is 12.2. The van der Waals surface area contributed by atoms with Crippen molar-refractivity contribution >= 4 is 0 Å². The monoisotopic (exact) mass is 268 g/mol. The lowest BCUT2D eigenvalue weighted by atomic mass is 9.70. The summed E-state index contributed by atoms with van der Waals surface area (Å²) >= 11 is 0. The van der Waals surface area contributed by atoms with Gasteiger partial charge in [0.25, 0.3) is 0 Å². The van der Waals surface area contributed by atoms with Gasteiger partial charge in [0.05, 0.1) is 17.3 Å². The van der Waals surface area contributed by atoms with E-state index >= 15 is 0 Å². The molecule has 2 heterocycles. The third kappa shape index (κ3) is 2.70. The Hall–Kier alpha value is -0.120. The summed E-state index contributed by atoms with van der Waals surface area (Å²) < 4.78 is 11.8. The number of ether oxygens (including phenoxy) is 2. The molecule has 3 heteroatoms. The molecule has 3 rings (SSSR count). The first-order valence-electron chi connectivity index (χ1n) is 8.14. The molecule has 3 unspecified atom stereocenters. The minimum atomic E-state index is -0.502. The lowest BCUT2D eigenvalue weighted by Crippen LogP contribution is -2.51. The van der Waals surface area contributed by atoms with Crippen LogP contribution < -0.4 is 0 Å². The maximum absolute atomic E-state index is 11.1. The van der Waals surface area contributed by atoms with Crippen molar-refractivity contribution in [2.24, 2.45) is 5.92 Å². The van der Waals surface area contributed by atoms with E-state index in [1.807, 2.05) is 0 Å². The Morgan fingerprint density at radius 2 is 1.89 bits per heavy atom. The van der Waals surface area contributed by atoms with E-state index in [0.29, 0.717) is 5.92 Å². The highest BCUT2D eigenvalue weighted by Gasteiger charge is 2.48. The van der Waals surface area contributed by atoms with E-state index in [2.05, 4.69) is 6.92 Å². The molecule has 0 bridgehead atoms. The van der Waals surface area contributed by atoms with Crippen molar-refractivity contribution in [2.75, 3.05) is 13.2 Å². The summed E-state index contributed by atoms with van der Waals surface area (Å²) in [7, 11) is 0. The molecular weight excluding hydrogens is 240 g/mol. The van der Waals surface area contributed by atoms with Gasteiger partial charge in [0, 0.05) is 19.6 Å². The van der Waals surface area contributed by atoms with Crippen LogP contribution in [0.5, 0.6) is 0 Å². The predicted molar refractivity (Wildman–Crippen MR) is 74.1 cm³/mol. The van der Waals surface area contributed by atoms with E-state index in [4.69, 9.17) is 9.47 Å². The highest BCUT2D eigenvalue weighted by atomic mass is 16.5. The van der Waals surface area contributed by atoms with Gasteiger partial charge in [-0.15, -0.1) is 0 Å². The van der Waals surface area contributed by atoms with Crippen LogP contribution in [-0.2, 0) is 9.47 Å². The molecule has 110 valence electrons. The number of aliphatic hydroxyl groups is 1. The van der Waals surface area contributed by atoms with Crippen LogP contribution in [0.1, 0.15) is 64.7 Å². The molecule has 1 aliphatic carbocycles. The summed E-state index contributed by atoms with van der Waals surface area (Å²) in [5.41, 5.74) is -0.392. The lowest BCUT2D eigenvalue weighted by molar-refractivity contribution is -0.178. The van der Waals surface area contributed by atoms with Crippen molar-refractivity contribution in [1.82, 2.24) is 0 Å². The second-order valence-corrected chi connectivity index (χ2v) is 6.89. The summed E-state index contributed by atoms with van der Waals surface area (Å²) in [6.07, 6.45) is 9.99. The van der Waals surface area contributed by atoms with Gasteiger partial charge in [-0.3, -0.25) is 0 Å². The Morgan fingerprint density at radius 1 is 1.11 bits per heavy atom. The van der Waals surface area contributed by atoms with Crippen molar-refractivity contribution in [1.29, 1.82) is 0 Å². The summed E-state index contributed by atoms with van der Waals surface area (Å²) in [6.45, 7) is 3.71. The highest BCUT2D eigenvalue weighted by Crippen LogP contribution is 2.47. The van der Waals surface area contributed by atoms with Crippen LogP contribution in [-0.4, -0.2) is 35.6 Å². The fraction of sp³-hybridized carbons (Fsp3) is 1.00. The highest BCUT2D eigenvalue weighted by molar-refractivity contribution is 4.99. The normalized spacial score (nSPS) is 42.6. The van der Waals surface area contributed by atoms with Crippen LogP contribution in [0.15, 0.2) is 0 Å². The lowest BCUT2D eigenvalue weighted by Gasteiger charge is -2.48. The van der Waals surface area contributed by atoms with Crippen LogP contribution in [0.4, 0.5) is 0 Å². The Bertz CT molecular complexity index is 311. The molecule has 1 N–H and O–H groups in total. The molecule has 0 aromatic heterocycles. The van der Waals surface area contributed by atoms with E-state index < -0.39 is 5.60 Å². The first-order valence-corrected chi connectivity index (χ1v) is 8.14. The second kappa shape index (κ2) is 5.34. The van der Waals surface area contributed by atoms with E-state index in [1.54, 1.807) is 0 Å². The topological polar surface area (TPSA) is 38.7 Å². The van der Waals surface area contributed by atoms with Gasteiger partial charge in [0.2, 0.25) is 0 Å². The minimum absolute atomic E-state index is 0.110. The van der Waals surface area contributed by atoms with Crippen LogP contribution in [0, 0.1) is 5.92 Å². The van der Waals surface area contributed by atoms with E-state index in [0.717, 1.165) is 45.3 Å². The molecule has 3 fully saturated rings. The first-order chi connectivity index (χ1) is 9.16. The van der Waals surface area contributed by atoms with Crippen molar-refractivity contribution in [3.63, 3.8) is 0 Å². The van der Waals surface area contributed by atoms with Gasteiger partial charge < -0.3 is 14.6 Å². The fourth-order valence-electron chi connectivity index (χ4n) is 4.44. The Kier molecular flexibility index (Phi) is 3.89. The molecule has 0 amide bonds. The maximum Gasteiger partial charge on any atom is 0.0724 e. The van der Waals surface area contributed by atoms with Gasteiger partial charge in [0.15, 0.2) is 0 Å². The van der Waals surface area contributed by atoms with Crippen LogP contribution in [0.2, 0.25) is 0 Å². The molecule has 3 atom stereocenters. The predicted octanol–water partition coefficient (Wildman–Crippen LogP) is 3.05. The van der Waals surface area contributed by atoms with Gasteiger partial charge in [-0.1, -0.05) is 19.8 Å². The molecule has 1 saturated carbocycles. The van der Waals surface area contributed by atoms with Crippen molar-refractivity contribution in [3.05, 3.63) is 0 Å². The van der Waals surface area contributed by atoms with Gasteiger partial charge in [-0.25, -0.2) is 0 Å². The number of rotatable bonds is 2. The Labute approximate surface area is 116 Å². The summed E-state index contributed by atoms with van der Waals surface area (Å²) in [6, 6.07) is 0. The molecule has 0 radical (unpaired) electrons. The quantitative estimate of drug-likeness (QED) is 0.836. The van der Waals surface area contributed by atoms with Crippen molar-refractivity contribution < 1.29 is 14.6 Å². The van der Waals surface area contributed by atoms with Crippen LogP contribution in [0.3, 0.4) is 0 Å². The maximum atomic E-state index is 11.1. The fourth-order valence-corrected chi connectivity index (χ4v) is 4.44. The second-order valence-electron chi connectivity index (χ2n) is 6.89. The standard InChI is InChI=1S/C16H28O3/c1-2-14-12-16(17,8-10-18-14)13-5-9-19-15(11-13)6-3-4-7-15/h13-14,17H,2-12H2,1H3. The van der Waals surface area contributed by atoms with E-state index in [-0.39, 0.29) is 11.7 Å². The zero-order chi connectivity index (χ0) is 13.3. The number of hydrogen-bond acceptors (Lipinski definition) is 3. The SMILES string of the molecule is CCC1CC(O)(C2CCOC3(CCCC3)C2)CCO1. The van der Waals surface area contributed by atoms with Crippen LogP contribution in [0.25, 0.3) is 0 Å². The molecule has 19 heavy (non-hydrogen) atoms. The number of hydrogen-bond donors (Lipinski definition) is 1. The van der Waals surface area contributed by atoms with Crippen molar-refractivity contribution in [3.8, 4) is 0 Å². The first kappa shape index (κ1) is 13.8. The molecule has 2 aliphatic heterocycles. The zero-order valence-corrected chi connectivity index (χ0v) is 12.2. The van der Waals surface area contributed by atoms with Crippen molar-refractivity contribution in [2.45, 2.75) is 82.0 Å². The third-order valence-corrected chi connectivity index (χ3v) is 5.69. The smallest absolute Gasteiger partial charge is 0.0724 e. The van der Waals surface area contributed by atoms with E-state index in [1.165, 1.54) is 25.7 Å². The van der Waals surface area contributed by atoms with E-state index in [9.17, 15) is 5.11 Å².